The van der Waals surface area contributed by atoms with Gasteiger partial charge in [0.25, 0.3) is 0 Å². The zero-order valence-electron chi connectivity index (χ0n) is 4.00. The predicted molar refractivity (Wildman–Crippen MR) is 30.2 cm³/mol. The van der Waals surface area contributed by atoms with Crippen molar-refractivity contribution in [3.63, 3.8) is 0 Å². The maximum absolute atomic E-state index is 5.34. The summed E-state index contributed by atoms with van der Waals surface area (Å²) in [4.78, 5) is 0. The first kappa shape index (κ1) is 6.63. The number of allylic oxidation sites excluding steroid dienone is 1. The Balaban J connectivity index is 2.83. The van der Waals surface area contributed by atoms with E-state index >= 15 is 0 Å². The quantitative estimate of drug-likeness (QED) is 0.359. The van der Waals surface area contributed by atoms with Crippen molar-refractivity contribution >= 4 is 29.3 Å². The molecule has 0 rings (SSSR count). The van der Waals surface area contributed by atoms with E-state index in [4.69, 9.17) is 11.6 Å². The molecule has 0 radical (unpaired) electrons. The summed E-state index contributed by atoms with van der Waals surface area (Å²) in [6, 6.07) is 0. The fourth-order valence-electron chi connectivity index (χ4n) is 0.161. The van der Waals surface area contributed by atoms with Gasteiger partial charge in [-0.3, -0.25) is 0 Å². The Kier molecular flexibility index (Phi) is 4.20. The molecule has 0 aliphatic rings. The minimum absolute atomic E-state index is 0.704. The summed E-state index contributed by atoms with van der Waals surface area (Å²) in [6.45, 7) is 3.66. The molecule has 30 valence electrons. The summed E-state index contributed by atoms with van der Waals surface area (Å²) in [5.74, 6) is 0.704. The van der Waals surface area contributed by atoms with Gasteiger partial charge in [0.05, 0.1) is 0 Å². The summed E-state index contributed by atoms with van der Waals surface area (Å²) in [5.41, 5.74) is 0. The van der Waals surface area contributed by atoms with Gasteiger partial charge in [0.2, 0.25) is 0 Å². The topological polar surface area (TPSA) is 0 Å². The van der Waals surface area contributed by atoms with Crippen LogP contribution in [0.3, 0.4) is 0 Å². The number of halogens is 1. The molecule has 0 aromatic rings. The third-order valence-corrected chi connectivity index (χ3v) is 0.710. The van der Waals surface area contributed by atoms with E-state index in [1.165, 1.54) is 0 Å². The Morgan fingerprint density at radius 2 is 2.33 bits per heavy atom. The standard InChI is InChI=1S/C4H6Cl.Li/c1-2-3-4-5;/h1,3-4H2;. The fourth-order valence-corrected chi connectivity index (χ4v) is 0.484. The first-order valence-electron chi connectivity index (χ1n) is 1.97. The molecule has 0 nitrogen and oxygen atoms in total. The van der Waals surface area contributed by atoms with E-state index in [1.54, 1.807) is 0 Å². The molecule has 0 saturated carbocycles. The molecule has 0 amide bonds. The predicted octanol–water partition coefficient (Wildman–Crippen LogP) is 1.30. The van der Waals surface area contributed by atoms with Gasteiger partial charge in [-0.2, -0.15) is 0 Å². The minimum atomic E-state index is 0.704. The summed E-state index contributed by atoms with van der Waals surface area (Å²) in [6.07, 6.45) is 0.946. The van der Waals surface area contributed by atoms with Crippen LogP contribution in [0.2, 0.25) is 0 Å². The molecule has 0 fully saturated rings. The van der Waals surface area contributed by atoms with E-state index in [2.05, 4.69) is 6.58 Å². The van der Waals surface area contributed by atoms with Crippen molar-refractivity contribution in [2.45, 2.75) is 6.42 Å². The molecule has 0 N–H and O–H groups in total. The van der Waals surface area contributed by atoms with Gasteiger partial charge in [0, 0.05) is 0 Å². The van der Waals surface area contributed by atoms with Gasteiger partial charge in [0.15, 0.2) is 0 Å². The zero-order chi connectivity index (χ0) is 4.99. The summed E-state index contributed by atoms with van der Waals surface area (Å²) >= 11 is 7.31. The zero-order valence-corrected chi connectivity index (χ0v) is 4.76. The monoisotopic (exact) mass is 96.0 g/mol. The molecule has 0 aromatic carbocycles. The van der Waals surface area contributed by atoms with Crippen LogP contribution in [-0.2, 0) is 0 Å². The van der Waals surface area contributed by atoms with Crippen molar-refractivity contribution in [1.29, 1.82) is 0 Å². The van der Waals surface area contributed by atoms with Gasteiger partial charge in [-0.05, 0) is 0 Å². The Morgan fingerprint density at radius 1 is 1.83 bits per heavy atom. The average Bonchev–Trinajstić information content (AvgIpc) is 1.35. The first-order chi connectivity index (χ1) is 2.77. The van der Waals surface area contributed by atoms with Gasteiger partial charge in [-0.25, -0.2) is 0 Å². The molecule has 0 aromatic heterocycles. The van der Waals surface area contributed by atoms with E-state index in [0.29, 0.717) is 5.88 Å². The van der Waals surface area contributed by atoms with E-state index in [0.717, 1.165) is 10.7 Å². The van der Waals surface area contributed by atoms with Crippen molar-refractivity contribution < 1.29 is 0 Å². The van der Waals surface area contributed by atoms with Crippen molar-refractivity contribution in [2.24, 2.45) is 0 Å². The normalized spacial score (nSPS) is 8.50. The van der Waals surface area contributed by atoms with Crippen LogP contribution in [-0.4, -0.2) is 23.6 Å². The van der Waals surface area contributed by atoms with Crippen LogP contribution in [0.15, 0.2) is 10.8 Å². The second-order valence-electron chi connectivity index (χ2n) is 1.40. The number of alkyl halides is 1. The molecule has 0 heterocycles. The van der Waals surface area contributed by atoms with Gasteiger partial charge >= 0.3 is 52.4 Å². The van der Waals surface area contributed by atoms with E-state index in [9.17, 15) is 0 Å². The molecular weight excluding hydrogens is 90.4 g/mol. The van der Waals surface area contributed by atoms with Crippen LogP contribution in [0.1, 0.15) is 6.42 Å². The summed E-state index contributed by atoms with van der Waals surface area (Å²) in [5, 5.41) is 0. The molecule has 2 heteroatoms. The van der Waals surface area contributed by atoms with Crippen LogP contribution >= 0.6 is 11.6 Å². The van der Waals surface area contributed by atoms with Gasteiger partial charge < -0.3 is 0 Å². The van der Waals surface area contributed by atoms with Gasteiger partial charge in [-0.1, -0.05) is 0 Å². The molecule has 0 bridgehead atoms. The second kappa shape index (κ2) is 3.81. The summed E-state index contributed by atoms with van der Waals surface area (Å²) in [7, 11) is 0. The Hall–Kier alpha value is 0.627. The Morgan fingerprint density at radius 3 is 2.33 bits per heavy atom. The van der Waals surface area contributed by atoms with Crippen molar-refractivity contribution in [1.82, 2.24) is 0 Å². The molecule has 0 aliphatic heterocycles. The molecule has 6 heavy (non-hydrogen) atoms. The number of hydrogen-bond donors (Lipinski definition) is 0. The van der Waals surface area contributed by atoms with E-state index in [1.807, 2.05) is 17.7 Å². The van der Waals surface area contributed by atoms with Crippen molar-refractivity contribution in [2.75, 3.05) is 5.88 Å². The van der Waals surface area contributed by atoms with Crippen molar-refractivity contribution in [3.05, 3.63) is 10.8 Å². The van der Waals surface area contributed by atoms with Crippen molar-refractivity contribution in [3.8, 4) is 0 Å². The second-order valence-corrected chi connectivity index (χ2v) is 1.77. The van der Waals surface area contributed by atoms with Crippen LogP contribution < -0.4 is 0 Å². The molecule has 0 unspecified atom stereocenters. The molecular formula is C4H6ClLi. The molecule has 0 aliphatic carbocycles. The third-order valence-electron chi connectivity index (χ3n) is 0.521. The number of hydrogen-bond acceptors (Lipinski definition) is 0. The van der Waals surface area contributed by atoms with Crippen LogP contribution in [0.5, 0.6) is 0 Å². The fraction of sp³-hybridized carbons (Fsp3) is 0.500. The molecule has 0 atom stereocenters. The number of rotatable bonds is 2. The van der Waals surface area contributed by atoms with Crippen LogP contribution in [0.4, 0.5) is 0 Å². The maximum atomic E-state index is 5.34. The molecule has 0 spiro atoms. The van der Waals surface area contributed by atoms with Crippen LogP contribution in [0, 0.1) is 0 Å². The van der Waals surface area contributed by atoms with E-state index in [-0.39, 0.29) is 0 Å². The van der Waals surface area contributed by atoms with Gasteiger partial charge in [-0.15, -0.1) is 0 Å². The third kappa shape index (κ3) is 4.63. The summed E-state index contributed by atoms with van der Waals surface area (Å²) < 4.78 is 1.16. The SMILES string of the molecule is [Li][C](=C)CCCl. The van der Waals surface area contributed by atoms with Gasteiger partial charge in [0.1, 0.15) is 0 Å². The molecule has 0 saturated heterocycles. The Bertz CT molecular complexity index is 51.5. The van der Waals surface area contributed by atoms with E-state index < -0.39 is 0 Å². The Labute approximate surface area is 52.8 Å². The first-order valence-corrected chi connectivity index (χ1v) is 2.51. The average molecular weight is 96.5 g/mol. The van der Waals surface area contributed by atoms with Crippen LogP contribution in [0.25, 0.3) is 0 Å².